The van der Waals surface area contributed by atoms with Gasteiger partial charge in [-0.2, -0.15) is 0 Å². The van der Waals surface area contributed by atoms with Crippen LogP contribution >= 0.6 is 0 Å². The van der Waals surface area contributed by atoms with Crippen molar-refractivity contribution in [2.75, 3.05) is 11.9 Å². The van der Waals surface area contributed by atoms with E-state index in [1.807, 2.05) is 12.1 Å². The highest BCUT2D eigenvalue weighted by Crippen LogP contribution is 2.38. The predicted molar refractivity (Wildman–Crippen MR) is 106 cm³/mol. The summed E-state index contributed by atoms with van der Waals surface area (Å²) in [4.78, 5) is 13.0. The van der Waals surface area contributed by atoms with Gasteiger partial charge in [0.25, 0.3) is 0 Å². The molecule has 3 heterocycles. The van der Waals surface area contributed by atoms with Crippen LogP contribution in [0.4, 0.5) is 5.82 Å². The third-order valence-corrected chi connectivity index (χ3v) is 5.94. The van der Waals surface area contributed by atoms with Crippen molar-refractivity contribution in [2.45, 2.75) is 49.8 Å². The summed E-state index contributed by atoms with van der Waals surface area (Å²) in [5.41, 5.74) is 2.93. The average molecular weight is 413 g/mol. The van der Waals surface area contributed by atoms with Crippen molar-refractivity contribution in [3.05, 3.63) is 42.0 Å². The van der Waals surface area contributed by atoms with E-state index in [0.717, 1.165) is 30.4 Å². The number of nitrogens with zero attached hydrogens (tertiary/aromatic N) is 4. The molecule has 1 aromatic carbocycles. The first kappa shape index (κ1) is 19.2. The number of fused-ring (bicyclic) bond motifs is 2. The maximum absolute atomic E-state index is 10.3. The third-order valence-electron chi connectivity index (χ3n) is 5.94. The molecule has 0 saturated carbocycles. The predicted octanol–water partition coefficient (Wildman–Crippen LogP) is 0.633. The highest BCUT2D eigenvalue weighted by Gasteiger charge is 2.44. The number of phenolic OH excluding ortho intramolecular Hbond substituents is 1. The van der Waals surface area contributed by atoms with Gasteiger partial charge in [0.15, 0.2) is 23.2 Å². The van der Waals surface area contributed by atoms with Crippen molar-refractivity contribution < 1.29 is 25.2 Å². The molecule has 0 amide bonds. The molecule has 10 nitrogen and oxygen atoms in total. The molecule has 2 unspecified atom stereocenters. The van der Waals surface area contributed by atoms with Crippen LogP contribution in [0.5, 0.6) is 5.75 Å². The molecule has 1 aliphatic heterocycles. The summed E-state index contributed by atoms with van der Waals surface area (Å²) < 4.78 is 7.14. The fraction of sp³-hybridized carbons (Fsp3) is 0.450. The first-order chi connectivity index (χ1) is 14.6. The Bertz CT molecular complexity index is 1070. The van der Waals surface area contributed by atoms with E-state index in [9.17, 15) is 20.4 Å². The SMILES string of the molecule is OC[C@H]1O[C@@H](n2cnc3c(NC4CCCc5c(O)cccc54)ncnc32)[C@@H](O)C1O. The number of hydrogen-bond acceptors (Lipinski definition) is 9. The smallest absolute Gasteiger partial charge is 0.167 e. The van der Waals surface area contributed by atoms with E-state index < -0.39 is 31.1 Å². The minimum absolute atomic E-state index is 0.0296. The maximum Gasteiger partial charge on any atom is 0.167 e. The molecule has 0 radical (unpaired) electrons. The lowest BCUT2D eigenvalue weighted by molar-refractivity contribution is -0.0511. The average Bonchev–Trinajstić information content (AvgIpc) is 3.31. The van der Waals surface area contributed by atoms with Crippen molar-refractivity contribution in [3.63, 3.8) is 0 Å². The number of anilines is 1. The molecule has 0 bridgehead atoms. The Morgan fingerprint density at radius 1 is 1.17 bits per heavy atom. The Labute approximate surface area is 171 Å². The van der Waals surface area contributed by atoms with E-state index in [1.165, 1.54) is 17.2 Å². The third kappa shape index (κ3) is 3.00. The number of imidazole rings is 1. The molecule has 158 valence electrons. The van der Waals surface area contributed by atoms with Crippen LogP contribution in [-0.2, 0) is 11.2 Å². The van der Waals surface area contributed by atoms with Crippen molar-refractivity contribution in [2.24, 2.45) is 0 Å². The number of hydrogen-bond donors (Lipinski definition) is 5. The topological polar surface area (TPSA) is 146 Å². The van der Waals surface area contributed by atoms with Crippen LogP contribution < -0.4 is 5.32 Å². The van der Waals surface area contributed by atoms with E-state index in [-0.39, 0.29) is 6.04 Å². The van der Waals surface area contributed by atoms with E-state index in [4.69, 9.17) is 4.74 Å². The molecule has 2 aromatic heterocycles. The molecule has 10 heteroatoms. The monoisotopic (exact) mass is 413 g/mol. The summed E-state index contributed by atoms with van der Waals surface area (Å²) in [6, 6.07) is 5.51. The highest BCUT2D eigenvalue weighted by molar-refractivity contribution is 5.83. The van der Waals surface area contributed by atoms with Gasteiger partial charge in [-0.3, -0.25) is 4.57 Å². The largest absolute Gasteiger partial charge is 0.508 e. The van der Waals surface area contributed by atoms with Crippen molar-refractivity contribution in [1.82, 2.24) is 19.5 Å². The number of aliphatic hydroxyl groups is 3. The zero-order valence-corrected chi connectivity index (χ0v) is 16.1. The zero-order valence-electron chi connectivity index (χ0n) is 16.1. The van der Waals surface area contributed by atoms with Crippen LogP contribution in [0.1, 0.15) is 36.2 Å². The second kappa shape index (κ2) is 7.47. The molecule has 5 atom stereocenters. The van der Waals surface area contributed by atoms with Crippen molar-refractivity contribution in [3.8, 4) is 5.75 Å². The fourth-order valence-corrected chi connectivity index (χ4v) is 4.40. The van der Waals surface area contributed by atoms with Crippen LogP contribution in [0, 0.1) is 0 Å². The van der Waals surface area contributed by atoms with Crippen LogP contribution in [0.15, 0.2) is 30.9 Å². The Balaban J connectivity index is 1.48. The second-order valence-electron chi connectivity index (χ2n) is 7.71. The van der Waals surface area contributed by atoms with Gasteiger partial charge >= 0.3 is 0 Å². The van der Waals surface area contributed by atoms with Gasteiger partial charge < -0.3 is 30.5 Å². The van der Waals surface area contributed by atoms with Crippen LogP contribution in [0.25, 0.3) is 11.2 Å². The van der Waals surface area contributed by atoms with Gasteiger partial charge in [0.1, 0.15) is 30.4 Å². The lowest BCUT2D eigenvalue weighted by atomic mass is 9.87. The molecule has 0 spiro atoms. The minimum atomic E-state index is -1.22. The van der Waals surface area contributed by atoms with Gasteiger partial charge in [0.05, 0.1) is 19.0 Å². The summed E-state index contributed by atoms with van der Waals surface area (Å²) in [5.74, 6) is 0.840. The number of benzene rings is 1. The van der Waals surface area contributed by atoms with Gasteiger partial charge in [0, 0.05) is 0 Å². The summed E-state index contributed by atoms with van der Waals surface area (Å²) in [7, 11) is 0. The lowest BCUT2D eigenvalue weighted by Gasteiger charge is -2.27. The summed E-state index contributed by atoms with van der Waals surface area (Å²) in [6.07, 6.45) is 1.31. The Kier molecular flexibility index (Phi) is 4.78. The molecule has 2 aliphatic rings. The van der Waals surface area contributed by atoms with Crippen LogP contribution in [0.2, 0.25) is 0 Å². The normalized spacial score (nSPS) is 28.6. The molecule has 1 saturated heterocycles. The summed E-state index contributed by atoms with van der Waals surface area (Å²) in [6.45, 7) is -0.406. The number of ether oxygens (including phenoxy) is 1. The first-order valence-electron chi connectivity index (χ1n) is 9.95. The van der Waals surface area contributed by atoms with Gasteiger partial charge in [-0.25, -0.2) is 15.0 Å². The molecule has 1 aliphatic carbocycles. The zero-order chi connectivity index (χ0) is 20.8. The summed E-state index contributed by atoms with van der Waals surface area (Å²) in [5, 5.41) is 43.3. The van der Waals surface area contributed by atoms with Gasteiger partial charge in [0.2, 0.25) is 0 Å². The number of rotatable bonds is 4. The highest BCUT2D eigenvalue weighted by atomic mass is 16.6. The number of aromatic nitrogens is 4. The fourth-order valence-electron chi connectivity index (χ4n) is 4.40. The van der Waals surface area contributed by atoms with E-state index >= 15 is 0 Å². The van der Waals surface area contributed by atoms with Gasteiger partial charge in [-0.1, -0.05) is 12.1 Å². The Morgan fingerprint density at radius 2 is 2.03 bits per heavy atom. The molecular formula is C20H23N5O5. The lowest BCUT2D eigenvalue weighted by Crippen LogP contribution is -2.33. The van der Waals surface area contributed by atoms with Crippen LogP contribution in [-0.4, -0.2) is 64.9 Å². The van der Waals surface area contributed by atoms with Crippen molar-refractivity contribution in [1.29, 1.82) is 0 Å². The Morgan fingerprint density at radius 3 is 2.83 bits per heavy atom. The molecular weight excluding hydrogens is 390 g/mol. The van der Waals surface area contributed by atoms with E-state index in [1.54, 1.807) is 6.07 Å². The number of phenols is 1. The van der Waals surface area contributed by atoms with E-state index in [0.29, 0.717) is 22.7 Å². The molecule has 5 N–H and O–H groups in total. The minimum Gasteiger partial charge on any atom is -0.508 e. The standard InChI is InChI=1S/C20H23N5O5/c26-7-14-16(28)17(29)20(30-14)25-9-23-15-18(21-8-22-19(15)25)24-12-5-1-4-11-10(12)3-2-6-13(11)27/h2-3,6,8-9,12,14,16-17,20,26-29H,1,4-5,7H2,(H,21,22,24)/t12?,14-,16?,17+,20-/m1/s1. The quantitative estimate of drug-likeness (QED) is 0.416. The second-order valence-corrected chi connectivity index (χ2v) is 7.71. The molecule has 3 aromatic rings. The van der Waals surface area contributed by atoms with Gasteiger partial charge in [-0.15, -0.1) is 0 Å². The van der Waals surface area contributed by atoms with E-state index in [2.05, 4.69) is 20.3 Å². The molecule has 1 fully saturated rings. The number of nitrogens with one attached hydrogen (secondary N) is 1. The molecule has 30 heavy (non-hydrogen) atoms. The number of aliphatic hydroxyl groups excluding tert-OH is 3. The summed E-state index contributed by atoms with van der Waals surface area (Å²) >= 11 is 0. The first-order valence-corrected chi connectivity index (χ1v) is 9.95. The van der Waals surface area contributed by atoms with Crippen LogP contribution in [0.3, 0.4) is 0 Å². The maximum atomic E-state index is 10.3. The number of aromatic hydroxyl groups is 1. The van der Waals surface area contributed by atoms with Crippen molar-refractivity contribution >= 4 is 17.0 Å². The molecule has 5 rings (SSSR count). The Hall–Kier alpha value is -2.79. The van der Waals surface area contributed by atoms with Gasteiger partial charge in [-0.05, 0) is 36.5 Å².